The fourth-order valence-electron chi connectivity index (χ4n) is 2.64. The van der Waals surface area contributed by atoms with Gasteiger partial charge >= 0.3 is 6.09 Å². The lowest BCUT2D eigenvalue weighted by Gasteiger charge is -2.22. The van der Waals surface area contributed by atoms with Crippen LogP contribution in [0.1, 0.15) is 39.6 Å². The Bertz CT molecular complexity index is 946. The van der Waals surface area contributed by atoms with Crippen molar-refractivity contribution < 1.29 is 9.53 Å². The Kier molecular flexibility index (Phi) is 4.87. The highest BCUT2D eigenvalue weighted by Gasteiger charge is 2.23. The van der Waals surface area contributed by atoms with Gasteiger partial charge in [-0.25, -0.2) is 14.8 Å². The highest BCUT2D eigenvalue weighted by molar-refractivity contribution is 6.30. The highest BCUT2D eigenvalue weighted by Crippen LogP contribution is 2.25. The van der Waals surface area contributed by atoms with E-state index in [0.29, 0.717) is 16.5 Å². The van der Waals surface area contributed by atoms with E-state index in [0.717, 1.165) is 11.2 Å². The lowest BCUT2D eigenvalue weighted by atomic mass is 10.2. The molecule has 0 bridgehead atoms. The minimum atomic E-state index is -0.571. The molecule has 2 aromatic heterocycles. The molecule has 3 aromatic rings. The van der Waals surface area contributed by atoms with Crippen molar-refractivity contribution in [2.75, 3.05) is 0 Å². The van der Waals surface area contributed by atoms with Crippen molar-refractivity contribution in [3.63, 3.8) is 0 Å². The Hall–Kier alpha value is -2.60. The van der Waals surface area contributed by atoms with Crippen molar-refractivity contribution >= 4 is 28.9 Å². The number of alkyl carbamates (subject to hydrolysis) is 1. The standard InChI is InChI=1S/C19H21ClN4O2/c1-12(22-18(25)26-19(2,3)4)16-23-15-9-6-10-21-17(15)24(16)14-8-5-7-13(20)11-14/h5-12H,1-4H3,(H,22,25). The summed E-state index contributed by atoms with van der Waals surface area (Å²) in [5, 5.41) is 3.44. The molecule has 136 valence electrons. The summed E-state index contributed by atoms with van der Waals surface area (Å²) in [6.07, 6.45) is 1.21. The molecule has 0 spiro atoms. The van der Waals surface area contributed by atoms with E-state index in [1.165, 1.54) is 0 Å². The Morgan fingerprint density at radius 3 is 2.73 bits per heavy atom. The van der Waals surface area contributed by atoms with Gasteiger partial charge in [0.25, 0.3) is 0 Å². The van der Waals surface area contributed by atoms with Gasteiger partial charge in [0.15, 0.2) is 5.65 Å². The van der Waals surface area contributed by atoms with Crippen molar-refractivity contribution in [1.82, 2.24) is 19.9 Å². The molecule has 26 heavy (non-hydrogen) atoms. The van der Waals surface area contributed by atoms with Crippen molar-refractivity contribution in [3.8, 4) is 5.69 Å². The number of pyridine rings is 1. The minimum Gasteiger partial charge on any atom is -0.444 e. The van der Waals surface area contributed by atoms with Crippen LogP contribution in [0.25, 0.3) is 16.9 Å². The van der Waals surface area contributed by atoms with Gasteiger partial charge in [-0.3, -0.25) is 4.57 Å². The lowest BCUT2D eigenvalue weighted by Crippen LogP contribution is -2.34. The van der Waals surface area contributed by atoms with Crippen LogP contribution in [0.3, 0.4) is 0 Å². The first-order valence-corrected chi connectivity index (χ1v) is 8.71. The van der Waals surface area contributed by atoms with Crippen molar-refractivity contribution in [3.05, 3.63) is 53.4 Å². The molecule has 1 aromatic carbocycles. The van der Waals surface area contributed by atoms with E-state index in [1.807, 2.05) is 62.6 Å². The maximum absolute atomic E-state index is 12.2. The number of imidazole rings is 1. The van der Waals surface area contributed by atoms with Crippen LogP contribution in [0.2, 0.25) is 5.02 Å². The minimum absolute atomic E-state index is 0.391. The summed E-state index contributed by atoms with van der Waals surface area (Å²) in [4.78, 5) is 21.2. The van der Waals surface area contributed by atoms with Crippen LogP contribution in [-0.4, -0.2) is 26.2 Å². The molecule has 0 saturated carbocycles. The van der Waals surface area contributed by atoms with Gasteiger partial charge in [-0.05, 0) is 58.0 Å². The molecule has 1 unspecified atom stereocenters. The van der Waals surface area contributed by atoms with Crippen LogP contribution in [-0.2, 0) is 4.74 Å². The summed E-state index contributed by atoms with van der Waals surface area (Å²) < 4.78 is 7.24. The first-order chi connectivity index (χ1) is 12.2. The molecule has 0 fully saturated rings. The number of nitrogens with zero attached hydrogens (tertiary/aromatic N) is 3. The molecule has 1 amide bonds. The third-order valence-electron chi connectivity index (χ3n) is 3.63. The van der Waals surface area contributed by atoms with Gasteiger partial charge in [-0.2, -0.15) is 0 Å². The third-order valence-corrected chi connectivity index (χ3v) is 3.86. The second-order valence-corrected chi connectivity index (χ2v) is 7.44. The van der Waals surface area contributed by atoms with Crippen LogP contribution in [0.5, 0.6) is 0 Å². The number of aromatic nitrogens is 3. The summed E-state index contributed by atoms with van der Waals surface area (Å²) in [7, 11) is 0. The average molecular weight is 373 g/mol. The molecule has 1 atom stereocenters. The zero-order valence-corrected chi connectivity index (χ0v) is 15.9. The smallest absolute Gasteiger partial charge is 0.408 e. The second-order valence-electron chi connectivity index (χ2n) is 7.00. The fraction of sp³-hybridized carbons (Fsp3) is 0.316. The maximum atomic E-state index is 12.2. The van der Waals surface area contributed by atoms with Crippen molar-refractivity contribution in [2.45, 2.75) is 39.3 Å². The van der Waals surface area contributed by atoms with Crippen LogP contribution in [0.15, 0.2) is 42.6 Å². The number of rotatable bonds is 3. The summed E-state index contributed by atoms with van der Waals surface area (Å²) in [6.45, 7) is 7.32. The van der Waals surface area contributed by atoms with E-state index in [1.54, 1.807) is 12.3 Å². The van der Waals surface area contributed by atoms with Crippen LogP contribution < -0.4 is 5.32 Å². The molecule has 2 heterocycles. The summed E-state index contributed by atoms with van der Waals surface area (Å²) in [5.74, 6) is 0.645. The zero-order chi connectivity index (χ0) is 18.9. The van der Waals surface area contributed by atoms with Crippen molar-refractivity contribution in [1.29, 1.82) is 0 Å². The number of nitrogens with one attached hydrogen (secondary N) is 1. The molecule has 1 N–H and O–H groups in total. The number of hydrogen-bond acceptors (Lipinski definition) is 4. The van der Waals surface area contributed by atoms with E-state index in [4.69, 9.17) is 16.3 Å². The van der Waals surface area contributed by atoms with Gasteiger partial charge in [-0.15, -0.1) is 0 Å². The molecule has 0 aliphatic rings. The Balaban J connectivity index is 2.03. The number of carbonyl (C=O) groups is 1. The topological polar surface area (TPSA) is 69.0 Å². The van der Waals surface area contributed by atoms with E-state index >= 15 is 0 Å². The molecule has 6 nitrogen and oxygen atoms in total. The maximum Gasteiger partial charge on any atom is 0.408 e. The highest BCUT2D eigenvalue weighted by atomic mass is 35.5. The second kappa shape index (κ2) is 6.96. The SMILES string of the molecule is CC(NC(=O)OC(C)(C)C)c1nc2cccnc2n1-c1cccc(Cl)c1. The van der Waals surface area contributed by atoms with Crippen molar-refractivity contribution in [2.24, 2.45) is 0 Å². The van der Waals surface area contributed by atoms with E-state index in [2.05, 4.69) is 15.3 Å². The number of ether oxygens (including phenoxy) is 1. The molecule has 0 aliphatic carbocycles. The predicted octanol–water partition coefficient (Wildman–Crippen LogP) is 4.66. The molecule has 0 saturated heterocycles. The summed E-state index contributed by atoms with van der Waals surface area (Å²) in [6, 6.07) is 10.7. The molecular formula is C19H21ClN4O2. The lowest BCUT2D eigenvalue weighted by molar-refractivity contribution is 0.0505. The van der Waals surface area contributed by atoms with E-state index < -0.39 is 17.7 Å². The van der Waals surface area contributed by atoms with Gasteiger partial charge in [-0.1, -0.05) is 17.7 Å². The zero-order valence-electron chi connectivity index (χ0n) is 15.2. The van der Waals surface area contributed by atoms with Crippen LogP contribution in [0.4, 0.5) is 4.79 Å². The van der Waals surface area contributed by atoms with E-state index in [9.17, 15) is 4.79 Å². The molecule has 0 radical (unpaired) electrons. The molecule has 7 heteroatoms. The fourth-order valence-corrected chi connectivity index (χ4v) is 2.82. The summed E-state index contributed by atoms with van der Waals surface area (Å²) >= 11 is 6.16. The number of halogens is 1. The number of hydrogen-bond donors (Lipinski definition) is 1. The number of amides is 1. The predicted molar refractivity (Wildman–Crippen MR) is 102 cm³/mol. The van der Waals surface area contributed by atoms with Gasteiger partial charge in [0.2, 0.25) is 0 Å². The third kappa shape index (κ3) is 3.96. The number of benzene rings is 1. The Labute approximate surface area is 157 Å². The number of fused-ring (bicyclic) bond motifs is 1. The van der Waals surface area contributed by atoms with Gasteiger partial charge in [0, 0.05) is 11.2 Å². The van der Waals surface area contributed by atoms with Gasteiger partial charge in [0.05, 0.1) is 11.7 Å². The van der Waals surface area contributed by atoms with Gasteiger partial charge < -0.3 is 10.1 Å². The monoisotopic (exact) mass is 372 g/mol. The Morgan fingerprint density at radius 1 is 1.27 bits per heavy atom. The van der Waals surface area contributed by atoms with Crippen LogP contribution in [0, 0.1) is 0 Å². The largest absolute Gasteiger partial charge is 0.444 e. The first-order valence-electron chi connectivity index (χ1n) is 8.33. The molecular weight excluding hydrogens is 352 g/mol. The average Bonchev–Trinajstić information content (AvgIpc) is 2.92. The van der Waals surface area contributed by atoms with E-state index in [-0.39, 0.29) is 0 Å². The Morgan fingerprint density at radius 2 is 2.04 bits per heavy atom. The quantitative estimate of drug-likeness (QED) is 0.726. The molecule has 3 rings (SSSR count). The molecule has 0 aliphatic heterocycles. The normalized spacial score (nSPS) is 12.8. The van der Waals surface area contributed by atoms with Gasteiger partial charge in [0.1, 0.15) is 16.9 Å². The van der Waals surface area contributed by atoms with Crippen LogP contribution >= 0.6 is 11.6 Å². The summed E-state index contributed by atoms with van der Waals surface area (Å²) in [5.41, 5.74) is 1.69. The first kappa shape index (κ1) is 18.2. The number of carbonyl (C=O) groups excluding carboxylic acids is 1.